The normalized spacial score (nSPS) is 10.0. The second-order valence-electron chi connectivity index (χ2n) is 3.83. The first-order chi connectivity index (χ1) is 9.11. The van der Waals surface area contributed by atoms with Gasteiger partial charge in [0.1, 0.15) is 11.6 Å². The molecule has 2 aromatic rings. The van der Waals surface area contributed by atoms with E-state index in [0.29, 0.717) is 29.2 Å². The summed E-state index contributed by atoms with van der Waals surface area (Å²) in [4.78, 5) is 14.2. The van der Waals surface area contributed by atoms with Crippen LogP contribution in [0.2, 0.25) is 0 Å². The van der Waals surface area contributed by atoms with Gasteiger partial charge in [0.25, 0.3) is 0 Å². The van der Waals surface area contributed by atoms with Gasteiger partial charge in [0.15, 0.2) is 11.6 Å². The van der Waals surface area contributed by atoms with E-state index in [0.717, 1.165) is 0 Å². The highest BCUT2D eigenvalue weighted by Crippen LogP contribution is 2.29. The third kappa shape index (κ3) is 2.79. The highest BCUT2D eigenvalue weighted by molar-refractivity contribution is 5.71. The van der Waals surface area contributed by atoms with Crippen LogP contribution in [0.3, 0.4) is 0 Å². The number of benzene rings is 1. The number of hydrogen-bond acceptors (Lipinski definition) is 4. The number of nitrogens with one attached hydrogen (secondary N) is 1. The number of halogens is 1. The average molecular weight is 261 g/mol. The van der Waals surface area contributed by atoms with Crippen LogP contribution in [0.15, 0.2) is 30.5 Å². The third-order valence-electron chi connectivity index (χ3n) is 2.57. The van der Waals surface area contributed by atoms with E-state index in [9.17, 15) is 9.18 Å². The predicted octanol–water partition coefficient (Wildman–Crippen LogP) is 2.47. The van der Waals surface area contributed by atoms with Gasteiger partial charge in [-0.2, -0.15) is 0 Å². The summed E-state index contributed by atoms with van der Waals surface area (Å²) >= 11 is 0. The van der Waals surface area contributed by atoms with Crippen LogP contribution in [-0.2, 0) is 4.79 Å². The summed E-state index contributed by atoms with van der Waals surface area (Å²) in [6.45, 7) is 1.73. The number of anilines is 2. The van der Waals surface area contributed by atoms with Gasteiger partial charge in [0, 0.05) is 23.5 Å². The fourth-order valence-electron chi connectivity index (χ4n) is 1.50. The Morgan fingerprint density at radius 1 is 1.37 bits per heavy atom. The Labute approximate surface area is 109 Å². The van der Waals surface area contributed by atoms with Crippen molar-refractivity contribution in [1.29, 1.82) is 0 Å². The minimum absolute atomic E-state index is 0.0464. The van der Waals surface area contributed by atoms with Crippen LogP contribution in [0.25, 0.3) is 0 Å². The first-order valence-electron chi connectivity index (χ1n) is 5.50. The summed E-state index contributed by atoms with van der Waals surface area (Å²) in [7, 11) is 0. The van der Waals surface area contributed by atoms with Gasteiger partial charge in [-0.3, -0.25) is 4.79 Å². The molecule has 5 nitrogen and oxygen atoms in total. The highest BCUT2D eigenvalue weighted by Gasteiger charge is 2.09. The molecule has 0 saturated heterocycles. The van der Waals surface area contributed by atoms with Crippen molar-refractivity contribution in [3.63, 3.8) is 0 Å². The van der Waals surface area contributed by atoms with Crippen molar-refractivity contribution in [1.82, 2.24) is 4.98 Å². The lowest BCUT2D eigenvalue weighted by Gasteiger charge is -2.11. The molecule has 1 heterocycles. The van der Waals surface area contributed by atoms with E-state index in [1.165, 1.54) is 24.4 Å². The summed E-state index contributed by atoms with van der Waals surface area (Å²) in [5.74, 6) is 0.228. The van der Waals surface area contributed by atoms with E-state index in [-0.39, 0.29) is 5.75 Å². The molecule has 2 rings (SSSR count). The van der Waals surface area contributed by atoms with E-state index < -0.39 is 5.82 Å². The van der Waals surface area contributed by atoms with Crippen molar-refractivity contribution >= 4 is 17.9 Å². The number of nitrogens with two attached hydrogens (primary N) is 1. The molecule has 19 heavy (non-hydrogen) atoms. The maximum atomic E-state index is 13.8. The maximum Gasteiger partial charge on any atom is 0.211 e. The molecule has 98 valence electrons. The standard InChI is InChI=1S/C13H12FN3O2/c1-8-11(4-5-16-13(8)15)19-12-3-2-9(17-7-18)6-10(12)14/h2-7H,1H3,(H2,15,16)(H,17,18). The second kappa shape index (κ2) is 5.34. The highest BCUT2D eigenvalue weighted by atomic mass is 19.1. The van der Waals surface area contributed by atoms with Gasteiger partial charge < -0.3 is 15.8 Å². The summed E-state index contributed by atoms with van der Waals surface area (Å²) in [6, 6.07) is 5.73. The second-order valence-corrected chi connectivity index (χ2v) is 3.83. The largest absolute Gasteiger partial charge is 0.454 e. The molecule has 6 heteroatoms. The molecule has 0 spiro atoms. The zero-order valence-electron chi connectivity index (χ0n) is 10.2. The van der Waals surface area contributed by atoms with Gasteiger partial charge in [-0.25, -0.2) is 9.37 Å². The Bertz CT molecular complexity index is 617. The Morgan fingerprint density at radius 3 is 2.84 bits per heavy atom. The van der Waals surface area contributed by atoms with E-state index in [1.807, 2.05) is 0 Å². The number of amides is 1. The van der Waals surface area contributed by atoms with E-state index in [1.54, 1.807) is 13.0 Å². The first-order valence-corrected chi connectivity index (χ1v) is 5.50. The van der Waals surface area contributed by atoms with Crippen molar-refractivity contribution in [2.45, 2.75) is 6.92 Å². The van der Waals surface area contributed by atoms with Crippen LogP contribution in [0, 0.1) is 12.7 Å². The van der Waals surface area contributed by atoms with Crippen LogP contribution in [0.5, 0.6) is 11.5 Å². The monoisotopic (exact) mass is 261 g/mol. The van der Waals surface area contributed by atoms with E-state index in [4.69, 9.17) is 10.5 Å². The Morgan fingerprint density at radius 2 is 2.16 bits per heavy atom. The molecule has 1 aromatic carbocycles. The number of nitrogens with zero attached hydrogens (tertiary/aromatic N) is 1. The van der Waals surface area contributed by atoms with Crippen LogP contribution >= 0.6 is 0 Å². The number of hydrogen-bond donors (Lipinski definition) is 2. The van der Waals surface area contributed by atoms with Crippen LogP contribution in [-0.4, -0.2) is 11.4 Å². The Hall–Kier alpha value is -2.63. The summed E-state index contributed by atoms with van der Waals surface area (Å²) < 4.78 is 19.2. The molecule has 0 aliphatic carbocycles. The number of ether oxygens (including phenoxy) is 1. The molecule has 3 N–H and O–H groups in total. The quantitative estimate of drug-likeness (QED) is 0.829. The van der Waals surface area contributed by atoms with Crippen molar-refractivity contribution in [2.75, 3.05) is 11.1 Å². The zero-order chi connectivity index (χ0) is 13.8. The van der Waals surface area contributed by atoms with Gasteiger partial charge in [0.05, 0.1) is 0 Å². The number of carbonyl (C=O) groups is 1. The molecule has 0 radical (unpaired) electrons. The molecule has 0 unspecified atom stereocenters. The van der Waals surface area contributed by atoms with Gasteiger partial charge in [-0.05, 0) is 25.1 Å². The third-order valence-corrected chi connectivity index (χ3v) is 2.57. The molecule has 0 aliphatic heterocycles. The Kier molecular flexibility index (Phi) is 3.61. The van der Waals surface area contributed by atoms with Crippen LogP contribution in [0.4, 0.5) is 15.9 Å². The topological polar surface area (TPSA) is 77.2 Å². The first kappa shape index (κ1) is 12.8. The number of aromatic nitrogens is 1. The van der Waals surface area contributed by atoms with E-state index in [2.05, 4.69) is 10.3 Å². The molecule has 0 aliphatic rings. The molecule has 0 atom stereocenters. The minimum atomic E-state index is -0.582. The summed E-state index contributed by atoms with van der Waals surface area (Å²) in [5.41, 5.74) is 6.63. The van der Waals surface area contributed by atoms with Crippen LogP contribution < -0.4 is 15.8 Å². The fourth-order valence-corrected chi connectivity index (χ4v) is 1.50. The molecular formula is C13H12FN3O2. The van der Waals surface area contributed by atoms with Crippen molar-refractivity contribution in [2.24, 2.45) is 0 Å². The zero-order valence-corrected chi connectivity index (χ0v) is 10.2. The summed E-state index contributed by atoms with van der Waals surface area (Å²) in [5, 5.41) is 2.35. The van der Waals surface area contributed by atoms with Crippen molar-refractivity contribution in [3.05, 3.63) is 41.8 Å². The van der Waals surface area contributed by atoms with Gasteiger partial charge in [-0.1, -0.05) is 0 Å². The SMILES string of the molecule is Cc1c(Oc2ccc(NC=O)cc2F)ccnc1N. The average Bonchev–Trinajstić information content (AvgIpc) is 2.38. The molecule has 1 aromatic heterocycles. The Balaban J connectivity index is 2.28. The molecule has 0 saturated carbocycles. The maximum absolute atomic E-state index is 13.8. The molecule has 0 bridgehead atoms. The lowest BCUT2D eigenvalue weighted by Crippen LogP contribution is -1.98. The molecular weight excluding hydrogens is 249 g/mol. The number of nitrogen functional groups attached to an aromatic ring is 1. The van der Waals surface area contributed by atoms with Crippen LogP contribution in [0.1, 0.15) is 5.56 Å². The van der Waals surface area contributed by atoms with Crippen molar-refractivity contribution < 1.29 is 13.9 Å². The number of rotatable bonds is 4. The lowest BCUT2D eigenvalue weighted by molar-refractivity contribution is -0.105. The van der Waals surface area contributed by atoms with Crippen molar-refractivity contribution in [3.8, 4) is 11.5 Å². The molecule has 1 amide bonds. The predicted molar refractivity (Wildman–Crippen MR) is 69.5 cm³/mol. The summed E-state index contributed by atoms with van der Waals surface area (Å²) in [6.07, 6.45) is 1.96. The van der Waals surface area contributed by atoms with E-state index >= 15 is 0 Å². The lowest BCUT2D eigenvalue weighted by atomic mass is 10.2. The van der Waals surface area contributed by atoms with Gasteiger partial charge in [-0.15, -0.1) is 0 Å². The van der Waals surface area contributed by atoms with Gasteiger partial charge in [0.2, 0.25) is 6.41 Å². The number of pyridine rings is 1. The fraction of sp³-hybridized carbons (Fsp3) is 0.0769. The minimum Gasteiger partial charge on any atom is -0.454 e. The molecule has 0 fully saturated rings. The smallest absolute Gasteiger partial charge is 0.211 e. The number of carbonyl (C=O) groups excluding carboxylic acids is 1. The van der Waals surface area contributed by atoms with Gasteiger partial charge >= 0.3 is 0 Å².